The molecule has 8 nitrogen and oxygen atoms in total. The van der Waals surface area contributed by atoms with Crippen molar-refractivity contribution in [3.05, 3.63) is 117 Å². The summed E-state index contributed by atoms with van der Waals surface area (Å²) in [5.41, 5.74) is 1.04. The van der Waals surface area contributed by atoms with E-state index in [0.717, 1.165) is 54.6 Å². The van der Waals surface area contributed by atoms with Crippen LogP contribution in [0.1, 0.15) is 33.6 Å². The van der Waals surface area contributed by atoms with Crippen LogP contribution in [-0.2, 0) is 21.4 Å². The van der Waals surface area contributed by atoms with Gasteiger partial charge < -0.3 is 13.8 Å². The van der Waals surface area contributed by atoms with Crippen LogP contribution in [0, 0.1) is 36.1 Å². The summed E-state index contributed by atoms with van der Waals surface area (Å²) in [6.07, 6.45) is 0.315. The highest BCUT2D eigenvalue weighted by Crippen LogP contribution is 2.37. The Kier molecular flexibility index (Phi) is 10.7. The van der Waals surface area contributed by atoms with Crippen LogP contribution in [0.25, 0.3) is 0 Å². The fraction of sp³-hybridized carbons (Fsp3) is 0.294. The number of benzene rings is 3. The summed E-state index contributed by atoms with van der Waals surface area (Å²) in [4.78, 5) is 27.8. The van der Waals surface area contributed by atoms with E-state index in [0.29, 0.717) is 22.4 Å². The van der Waals surface area contributed by atoms with Crippen LogP contribution in [0.3, 0.4) is 0 Å². The SMILES string of the molecule is Cc1ccc(S(=O)(=O)[O-])cc1.O=C(C[N+]12CCC(CC1)C(OC(=O)N(Cc1cc(F)c(F)c(F)c1)c1cccc(F)c1)C2)c1cccs1. The van der Waals surface area contributed by atoms with Gasteiger partial charge in [0.05, 0.1) is 35.1 Å². The Morgan fingerprint density at radius 2 is 1.62 bits per heavy atom. The molecule has 254 valence electrons. The summed E-state index contributed by atoms with van der Waals surface area (Å²) >= 11 is 1.40. The van der Waals surface area contributed by atoms with Gasteiger partial charge in [-0.2, -0.15) is 0 Å². The number of carbonyl (C=O) groups is 2. The Balaban J connectivity index is 0.000000349. The second kappa shape index (κ2) is 14.6. The van der Waals surface area contributed by atoms with Crippen molar-refractivity contribution in [2.45, 2.75) is 37.3 Å². The maximum Gasteiger partial charge on any atom is 0.415 e. The molecule has 14 heteroatoms. The summed E-state index contributed by atoms with van der Waals surface area (Å²) in [6.45, 7) is 3.90. The van der Waals surface area contributed by atoms with Crippen molar-refractivity contribution in [1.82, 2.24) is 0 Å². The summed E-state index contributed by atoms with van der Waals surface area (Å²) in [7, 11) is -4.27. The number of quaternary nitrogens is 1. The largest absolute Gasteiger partial charge is 0.744 e. The van der Waals surface area contributed by atoms with E-state index >= 15 is 0 Å². The maximum absolute atomic E-state index is 14.0. The van der Waals surface area contributed by atoms with E-state index in [1.165, 1.54) is 41.7 Å². The molecule has 4 aromatic rings. The molecule has 0 spiro atoms. The van der Waals surface area contributed by atoms with Crippen molar-refractivity contribution in [3.63, 3.8) is 0 Å². The number of hydrogen-bond donors (Lipinski definition) is 0. The number of piperidine rings is 3. The first-order valence-electron chi connectivity index (χ1n) is 15.0. The molecule has 1 amide bonds. The third-order valence-electron chi connectivity index (χ3n) is 8.60. The van der Waals surface area contributed by atoms with Gasteiger partial charge in [-0.05, 0) is 66.4 Å². The Morgan fingerprint density at radius 1 is 0.958 bits per heavy atom. The predicted octanol–water partition coefficient (Wildman–Crippen LogP) is 6.84. The molecule has 7 rings (SSSR count). The molecule has 1 aromatic heterocycles. The summed E-state index contributed by atoms with van der Waals surface area (Å²) in [5, 5.41) is 1.86. The van der Waals surface area contributed by atoms with Gasteiger partial charge in [0.25, 0.3) is 0 Å². The molecule has 48 heavy (non-hydrogen) atoms. The van der Waals surface area contributed by atoms with Crippen molar-refractivity contribution >= 4 is 39.0 Å². The molecule has 0 aliphatic carbocycles. The molecule has 1 unspecified atom stereocenters. The number of ether oxygens (including phenoxy) is 1. The Bertz CT molecular complexity index is 1860. The first-order chi connectivity index (χ1) is 22.7. The van der Waals surface area contributed by atoms with Crippen molar-refractivity contribution in [3.8, 4) is 0 Å². The second-order valence-corrected chi connectivity index (χ2v) is 14.3. The lowest BCUT2D eigenvalue weighted by Crippen LogP contribution is -2.66. The molecule has 4 heterocycles. The Labute approximate surface area is 279 Å². The van der Waals surface area contributed by atoms with E-state index < -0.39 is 45.6 Å². The van der Waals surface area contributed by atoms with E-state index in [2.05, 4.69) is 0 Å². The van der Waals surface area contributed by atoms with Gasteiger partial charge in [-0.3, -0.25) is 9.69 Å². The molecule has 0 radical (unpaired) electrons. The third kappa shape index (κ3) is 8.48. The molecule has 1 atom stereocenters. The Morgan fingerprint density at radius 3 is 2.21 bits per heavy atom. The number of aryl methyl sites for hydroxylation is 1. The average molecular weight is 705 g/mol. The first-order valence-corrected chi connectivity index (χ1v) is 17.3. The molecule has 3 fully saturated rings. The van der Waals surface area contributed by atoms with E-state index in [4.69, 9.17) is 4.74 Å². The van der Waals surface area contributed by atoms with Gasteiger partial charge in [0.15, 0.2) is 23.6 Å². The third-order valence-corrected chi connectivity index (χ3v) is 10.4. The van der Waals surface area contributed by atoms with Gasteiger partial charge >= 0.3 is 6.09 Å². The molecule has 3 saturated heterocycles. The minimum absolute atomic E-state index is 0.0171. The van der Waals surface area contributed by atoms with Crippen LogP contribution in [0.15, 0.2) is 83.1 Å². The lowest BCUT2D eigenvalue weighted by molar-refractivity contribution is -0.938. The highest BCUT2D eigenvalue weighted by molar-refractivity contribution is 7.85. The number of nitrogens with zero attached hydrogens (tertiary/aromatic N) is 2. The monoisotopic (exact) mass is 704 g/mol. The minimum Gasteiger partial charge on any atom is -0.744 e. The van der Waals surface area contributed by atoms with Gasteiger partial charge in [-0.1, -0.05) is 29.8 Å². The zero-order valence-corrected chi connectivity index (χ0v) is 27.4. The van der Waals surface area contributed by atoms with E-state index in [-0.39, 0.29) is 34.4 Å². The first kappa shape index (κ1) is 35.2. The number of ketones is 1. The number of hydrogen-bond acceptors (Lipinski definition) is 7. The minimum atomic E-state index is -4.27. The zero-order chi connectivity index (χ0) is 34.6. The molecule has 0 N–H and O–H groups in total. The second-order valence-electron chi connectivity index (χ2n) is 12.0. The lowest BCUT2D eigenvalue weighted by atomic mass is 9.83. The lowest BCUT2D eigenvalue weighted by Gasteiger charge is -2.51. The molecular weight excluding hydrogens is 673 g/mol. The summed E-state index contributed by atoms with van der Waals surface area (Å²) < 4.78 is 92.8. The maximum atomic E-state index is 14.0. The van der Waals surface area contributed by atoms with Crippen LogP contribution < -0.4 is 4.90 Å². The number of rotatable bonds is 8. The van der Waals surface area contributed by atoms with Crippen LogP contribution in [0.5, 0.6) is 0 Å². The summed E-state index contributed by atoms with van der Waals surface area (Å²) in [5.74, 6) is -4.81. The number of halogens is 4. The molecular formula is C34H32F4N2O6S2. The topological polar surface area (TPSA) is 104 Å². The van der Waals surface area contributed by atoms with Gasteiger partial charge in [0.2, 0.25) is 5.78 Å². The normalized spacial score (nSPS) is 20.0. The van der Waals surface area contributed by atoms with Crippen molar-refractivity contribution in [2.75, 3.05) is 31.1 Å². The number of fused-ring (bicyclic) bond motifs is 3. The standard InChI is InChI=1S/C27H25F4N2O3S.C7H8O3S/c28-19-3-1-4-20(13-19)32(14-17-11-21(29)26(31)22(30)12-17)27(35)36-24-16-33(8-6-18(24)7-9-33)15-23(34)25-5-2-10-37-25;1-6-2-4-7(5-3-6)11(8,9)10/h1-5,10-13,18,24H,6-9,14-16H2;2-5H,1H3,(H,8,9,10)/q+1;/p-1. The summed E-state index contributed by atoms with van der Waals surface area (Å²) in [6, 6.07) is 16.2. The fourth-order valence-corrected chi connectivity index (χ4v) is 7.21. The number of amides is 1. The van der Waals surface area contributed by atoms with Crippen molar-refractivity contribution < 1.29 is 49.3 Å². The highest BCUT2D eigenvalue weighted by atomic mass is 32.2. The van der Waals surface area contributed by atoms with Crippen LogP contribution in [0.4, 0.5) is 28.0 Å². The number of Topliss-reactive ketones (excluding diaryl/α,β-unsaturated/α-hetero) is 1. The quantitative estimate of drug-likeness (QED) is 0.0655. The molecule has 0 saturated carbocycles. The van der Waals surface area contributed by atoms with Gasteiger partial charge in [0, 0.05) is 18.8 Å². The Hall–Kier alpha value is -4.11. The number of thiophene rings is 1. The number of carbonyl (C=O) groups excluding carboxylic acids is 2. The van der Waals surface area contributed by atoms with Crippen LogP contribution in [0.2, 0.25) is 0 Å². The molecule has 2 bridgehead atoms. The van der Waals surface area contributed by atoms with E-state index in [1.54, 1.807) is 18.2 Å². The molecule has 3 aliphatic rings. The van der Waals surface area contributed by atoms with Crippen LogP contribution >= 0.6 is 11.3 Å². The van der Waals surface area contributed by atoms with Crippen LogP contribution in [-0.4, -0.2) is 61.6 Å². The smallest absolute Gasteiger partial charge is 0.415 e. The fourth-order valence-electron chi connectivity index (χ4n) is 6.08. The van der Waals surface area contributed by atoms with Gasteiger partial charge in [-0.25, -0.2) is 30.8 Å². The van der Waals surface area contributed by atoms with Crippen molar-refractivity contribution in [2.24, 2.45) is 5.92 Å². The molecule has 3 aliphatic heterocycles. The number of anilines is 1. The molecule has 3 aromatic carbocycles. The van der Waals surface area contributed by atoms with E-state index in [1.807, 2.05) is 18.4 Å². The van der Waals surface area contributed by atoms with Gasteiger partial charge in [0.1, 0.15) is 29.0 Å². The predicted molar refractivity (Wildman–Crippen MR) is 169 cm³/mol. The van der Waals surface area contributed by atoms with E-state index in [9.17, 15) is 40.1 Å². The van der Waals surface area contributed by atoms with Crippen molar-refractivity contribution in [1.29, 1.82) is 0 Å². The average Bonchev–Trinajstić information content (AvgIpc) is 3.59. The highest BCUT2D eigenvalue weighted by Gasteiger charge is 2.49. The van der Waals surface area contributed by atoms with Gasteiger partial charge in [-0.15, -0.1) is 11.3 Å². The zero-order valence-electron chi connectivity index (χ0n) is 25.8.